The van der Waals surface area contributed by atoms with Gasteiger partial charge in [-0.1, -0.05) is 35.4 Å². The largest absolute Gasteiger partial charge is 0.488 e. The van der Waals surface area contributed by atoms with Crippen LogP contribution in [0.15, 0.2) is 30.4 Å². The average molecular weight is 246 g/mol. The number of hydrogen-bond donors (Lipinski definition) is 1. The zero-order chi connectivity index (χ0) is 11.1. The van der Waals surface area contributed by atoms with E-state index < -0.39 is 0 Å². The van der Waals surface area contributed by atoms with Gasteiger partial charge in [0.1, 0.15) is 12.4 Å². The van der Waals surface area contributed by atoms with Crippen LogP contribution in [0.4, 0.5) is 0 Å². The molecule has 0 fully saturated rings. The summed E-state index contributed by atoms with van der Waals surface area (Å²) in [5.74, 6) is 0.648. The summed E-state index contributed by atoms with van der Waals surface area (Å²) in [5.41, 5.74) is 0. The van der Waals surface area contributed by atoms with E-state index >= 15 is 0 Å². The van der Waals surface area contributed by atoms with Crippen molar-refractivity contribution in [3.8, 4) is 5.75 Å². The Bertz CT molecular complexity index is 339. The lowest BCUT2D eigenvalue weighted by Gasteiger charge is -2.05. The molecule has 0 spiro atoms. The van der Waals surface area contributed by atoms with Crippen molar-refractivity contribution in [3.05, 3.63) is 40.4 Å². The van der Waals surface area contributed by atoms with E-state index in [0.717, 1.165) is 6.54 Å². The van der Waals surface area contributed by atoms with Gasteiger partial charge < -0.3 is 10.1 Å². The molecule has 0 amide bonds. The zero-order valence-electron chi connectivity index (χ0n) is 8.47. The van der Waals surface area contributed by atoms with Gasteiger partial charge in [-0.15, -0.1) is 0 Å². The van der Waals surface area contributed by atoms with Gasteiger partial charge in [-0.3, -0.25) is 0 Å². The third-order valence-electron chi connectivity index (χ3n) is 1.72. The highest BCUT2D eigenvalue weighted by Crippen LogP contribution is 2.27. The van der Waals surface area contributed by atoms with E-state index in [2.05, 4.69) is 5.32 Å². The Labute approximate surface area is 99.8 Å². The molecule has 0 radical (unpaired) electrons. The van der Waals surface area contributed by atoms with Gasteiger partial charge in [0.05, 0.1) is 5.02 Å². The topological polar surface area (TPSA) is 21.3 Å². The summed E-state index contributed by atoms with van der Waals surface area (Å²) in [6.45, 7) is 1.33. The number of likely N-dealkylation sites (N-methyl/N-ethyl adjacent to an activating group) is 1. The van der Waals surface area contributed by atoms with Crippen molar-refractivity contribution in [3.63, 3.8) is 0 Å². The van der Waals surface area contributed by atoms with Crippen LogP contribution in [0.3, 0.4) is 0 Å². The van der Waals surface area contributed by atoms with Crippen LogP contribution in [0.1, 0.15) is 0 Å². The third-order valence-corrected chi connectivity index (χ3v) is 2.25. The van der Waals surface area contributed by atoms with Crippen molar-refractivity contribution in [1.29, 1.82) is 0 Å². The van der Waals surface area contributed by atoms with Gasteiger partial charge in [-0.2, -0.15) is 0 Å². The first-order valence-electron chi connectivity index (χ1n) is 4.61. The molecule has 15 heavy (non-hydrogen) atoms. The monoisotopic (exact) mass is 245 g/mol. The number of halogens is 2. The number of hydrogen-bond acceptors (Lipinski definition) is 2. The number of ether oxygens (including phenoxy) is 1. The van der Waals surface area contributed by atoms with E-state index in [0.29, 0.717) is 22.4 Å². The molecule has 2 nitrogen and oxygen atoms in total. The molecular formula is C11H13Cl2NO. The predicted octanol–water partition coefficient (Wildman–Crippen LogP) is 3.15. The van der Waals surface area contributed by atoms with E-state index in [1.54, 1.807) is 18.2 Å². The molecule has 0 heterocycles. The second kappa shape index (κ2) is 6.72. The Hall–Kier alpha value is -0.700. The summed E-state index contributed by atoms with van der Waals surface area (Å²) in [7, 11) is 1.89. The molecule has 0 aromatic heterocycles. The molecule has 0 aliphatic rings. The quantitative estimate of drug-likeness (QED) is 0.806. The molecule has 0 bridgehead atoms. The minimum atomic E-state index is 0.503. The summed E-state index contributed by atoms with van der Waals surface area (Å²) in [5, 5.41) is 4.14. The first kappa shape index (κ1) is 12.4. The molecule has 0 atom stereocenters. The van der Waals surface area contributed by atoms with Crippen molar-refractivity contribution >= 4 is 23.2 Å². The Morgan fingerprint density at radius 1 is 1.33 bits per heavy atom. The van der Waals surface area contributed by atoms with Crippen LogP contribution in [0.5, 0.6) is 5.75 Å². The average Bonchev–Trinajstić information content (AvgIpc) is 2.20. The van der Waals surface area contributed by atoms with Crippen LogP contribution >= 0.6 is 23.2 Å². The van der Waals surface area contributed by atoms with Crippen LogP contribution in [-0.2, 0) is 0 Å². The molecule has 0 aliphatic heterocycles. The zero-order valence-corrected chi connectivity index (χ0v) is 9.98. The first-order chi connectivity index (χ1) is 7.24. The van der Waals surface area contributed by atoms with Crippen molar-refractivity contribution in [2.45, 2.75) is 0 Å². The van der Waals surface area contributed by atoms with Crippen LogP contribution in [0.25, 0.3) is 0 Å². The fraction of sp³-hybridized carbons (Fsp3) is 0.273. The standard InChI is InChI=1S/C11H13Cl2NO/c1-14-6-2-3-7-15-11-5-4-9(12)8-10(11)13/h2-5,8,14H,6-7H2,1H3. The van der Waals surface area contributed by atoms with Crippen molar-refractivity contribution in [1.82, 2.24) is 5.32 Å². The molecule has 1 aromatic carbocycles. The van der Waals surface area contributed by atoms with Gasteiger partial charge in [0.2, 0.25) is 0 Å². The van der Waals surface area contributed by atoms with Gasteiger partial charge >= 0.3 is 0 Å². The van der Waals surface area contributed by atoms with Crippen LogP contribution in [0.2, 0.25) is 10.0 Å². The second-order valence-corrected chi connectivity index (χ2v) is 3.76. The highest BCUT2D eigenvalue weighted by Gasteiger charge is 2.00. The van der Waals surface area contributed by atoms with E-state index in [1.807, 2.05) is 19.2 Å². The second-order valence-electron chi connectivity index (χ2n) is 2.91. The fourth-order valence-electron chi connectivity index (χ4n) is 0.999. The molecule has 1 N–H and O–H groups in total. The highest BCUT2D eigenvalue weighted by molar-refractivity contribution is 6.35. The number of nitrogens with one attached hydrogen (secondary N) is 1. The highest BCUT2D eigenvalue weighted by atomic mass is 35.5. The van der Waals surface area contributed by atoms with Gasteiger partial charge in [-0.25, -0.2) is 0 Å². The Morgan fingerprint density at radius 3 is 2.80 bits per heavy atom. The van der Waals surface area contributed by atoms with E-state index in [-0.39, 0.29) is 0 Å². The molecule has 0 saturated carbocycles. The molecule has 0 aliphatic carbocycles. The van der Waals surface area contributed by atoms with Crippen molar-refractivity contribution in [2.75, 3.05) is 20.2 Å². The van der Waals surface area contributed by atoms with Crippen LogP contribution in [0, 0.1) is 0 Å². The molecule has 4 heteroatoms. The van der Waals surface area contributed by atoms with E-state index in [1.165, 1.54) is 0 Å². The summed E-state index contributed by atoms with van der Waals surface area (Å²) < 4.78 is 5.43. The maximum Gasteiger partial charge on any atom is 0.138 e. The SMILES string of the molecule is CNCC=CCOc1ccc(Cl)cc1Cl. The lowest BCUT2D eigenvalue weighted by molar-refractivity contribution is 0.363. The summed E-state index contributed by atoms with van der Waals surface area (Å²) >= 11 is 11.7. The summed E-state index contributed by atoms with van der Waals surface area (Å²) in [4.78, 5) is 0. The Morgan fingerprint density at radius 2 is 2.13 bits per heavy atom. The molecule has 0 saturated heterocycles. The van der Waals surface area contributed by atoms with Gasteiger partial charge in [0, 0.05) is 11.6 Å². The molecule has 82 valence electrons. The lowest BCUT2D eigenvalue weighted by atomic mass is 10.3. The molecule has 1 aromatic rings. The lowest BCUT2D eigenvalue weighted by Crippen LogP contribution is -2.04. The number of benzene rings is 1. The molecule has 0 unspecified atom stereocenters. The van der Waals surface area contributed by atoms with E-state index in [4.69, 9.17) is 27.9 Å². The maximum absolute atomic E-state index is 5.92. The van der Waals surface area contributed by atoms with Gasteiger partial charge in [0.25, 0.3) is 0 Å². The smallest absolute Gasteiger partial charge is 0.138 e. The minimum Gasteiger partial charge on any atom is -0.488 e. The predicted molar refractivity (Wildman–Crippen MR) is 65.0 cm³/mol. The van der Waals surface area contributed by atoms with Crippen molar-refractivity contribution in [2.24, 2.45) is 0 Å². The van der Waals surface area contributed by atoms with Crippen molar-refractivity contribution < 1.29 is 4.74 Å². The molecule has 1 rings (SSSR count). The summed E-state index contributed by atoms with van der Waals surface area (Å²) in [6, 6.07) is 5.17. The van der Waals surface area contributed by atoms with Crippen LogP contribution in [-0.4, -0.2) is 20.2 Å². The Balaban J connectivity index is 2.44. The maximum atomic E-state index is 5.92. The van der Waals surface area contributed by atoms with Gasteiger partial charge in [0.15, 0.2) is 0 Å². The van der Waals surface area contributed by atoms with E-state index in [9.17, 15) is 0 Å². The number of rotatable bonds is 5. The fourth-order valence-corrected chi connectivity index (χ4v) is 1.46. The minimum absolute atomic E-state index is 0.503. The Kier molecular flexibility index (Phi) is 5.54. The van der Waals surface area contributed by atoms with Gasteiger partial charge in [-0.05, 0) is 25.2 Å². The normalized spacial score (nSPS) is 10.9. The molecular weight excluding hydrogens is 233 g/mol. The first-order valence-corrected chi connectivity index (χ1v) is 5.37. The summed E-state index contributed by atoms with van der Waals surface area (Å²) in [6.07, 6.45) is 3.92. The van der Waals surface area contributed by atoms with Crippen LogP contribution < -0.4 is 10.1 Å². The third kappa shape index (κ3) is 4.56.